The summed E-state index contributed by atoms with van der Waals surface area (Å²) in [5.41, 5.74) is 0.386. The summed E-state index contributed by atoms with van der Waals surface area (Å²) in [6.45, 7) is 2.85. The average Bonchev–Trinajstić information content (AvgIpc) is 2.96. The normalized spacial score (nSPS) is 26.0. The molecule has 7 nitrogen and oxygen atoms in total. The minimum absolute atomic E-state index is 0.0150. The number of aromatic nitrogens is 1. The molecule has 0 bridgehead atoms. The molecular weight excluding hydrogens is 314 g/mol. The van der Waals surface area contributed by atoms with Crippen LogP contribution in [0.25, 0.3) is 0 Å². The Morgan fingerprint density at radius 1 is 1.43 bits per heavy atom. The molecule has 0 unspecified atom stereocenters. The lowest BCUT2D eigenvalue weighted by Crippen LogP contribution is -2.62. The van der Waals surface area contributed by atoms with Gasteiger partial charge in [0, 0.05) is 50.6 Å². The molecule has 1 spiro atoms. The topological polar surface area (TPSA) is 77.6 Å². The number of nitrogens with one attached hydrogen (secondary N) is 2. The number of anilines is 1. The van der Waals surface area contributed by atoms with Crippen LogP contribution in [-0.4, -0.2) is 72.4 Å². The Morgan fingerprint density at radius 3 is 3.00 bits per heavy atom. The van der Waals surface area contributed by atoms with Crippen LogP contribution in [0.3, 0.4) is 0 Å². The van der Waals surface area contributed by atoms with Gasteiger partial charge in [-0.2, -0.15) is 0 Å². The fourth-order valence-electron chi connectivity index (χ4n) is 3.42. The van der Waals surface area contributed by atoms with E-state index in [4.69, 9.17) is 0 Å². The second-order valence-electron chi connectivity index (χ2n) is 6.26. The largest absolute Gasteiger partial charge is 0.365 e. The molecule has 126 valence electrons. The van der Waals surface area contributed by atoms with Crippen LogP contribution in [0.15, 0.2) is 5.38 Å². The molecule has 2 aliphatic heterocycles. The van der Waals surface area contributed by atoms with Crippen molar-refractivity contribution in [1.29, 1.82) is 0 Å². The third-order valence-electron chi connectivity index (χ3n) is 4.95. The molecule has 3 rings (SSSR count). The number of likely N-dealkylation sites (N-methyl/N-ethyl adjacent to an activating group) is 1. The second-order valence-corrected chi connectivity index (χ2v) is 7.12. The second kappa shape index (κ2) is 6.45. The molecular formula is C15H23N5O2S. The predicted molar refractivity (Wildman–Crippen MR) is 89.8 cm³/mol. The maximum Gasteiger partial charge on any atom is 0.273 e. The monoisotopic (exact) mass is 337 g/mol. The molecule has 0 saturated carbocycles. The first-order chi connectivity index (χ1) is 11.0. The molecule has 3 heterocycles. The Balaban J connectivity index is 1.76. The van der Waals surface area contributed by atoms with Crippen molar-refractivity contribution in [3.63, 3.8) is 0 Å². The Morgan fingerprint density at radius 2 is 2.26 bits per heavy atom. The van der Waals surface area contributed by atoms with Gasteiger partial charge < -0.3 is 15.5 Å². The lowest BCUT2D eigenvalue weighted by Gasteiger charge is -2.49. The SMILES string of the molecule is CNc1nc(C(=O)N2CCN(C)[C@]3(CCNC(=O)CC3)C2)cs1. The summed E-state index contributed by atoms with van der Waals surface area (Å²) in [5, 5.41) is 8.45. The molecule has 1 atom stereocenters. The van der Waals surface area contributed by atoms with Crippen LogP contribution in [0.4, 0.5) is 5.13 Å². The van der Waals surface area contributed by atoms with Crippen molar-refractivity contribution in [1.82, 2.24) is 20.1 Å². The Kier molecular flexibility index (Phi) is 4.54. The molecule has 2 saturated heterocycles. The van der Waals surface area contributed by atoms with Crippen molar-refractivity contribution in [3.05, 3.63) is 11.1 Å². The highest BCUT2D eigenvalue weighted by Gasteiger charge is 2.42. The molecule has 2 amide bonds. The van der Waals surface area contributed by atoms with Crippen molar-refractivity contribution >= 4 is 28.3 Å². The lowest BCUT2D eigenvalue weighted by molar-refractivity contribution is -0.121. The van der Waals surface area contributed by atoms with Crippen LogP contribution in [0.5, 0.6) is 0 Å². The van der Waals surface area contributed by atoms with E-state index in [0.29, 0.717) is 31.7 Å². The molecule has 23 heavy (non-hydrogen) atoms. The van der Waals surface area contributed by atoms with Crippen LogP contribution in [-0.2, 0) is 4.79 Å². The zero-order valence-electron chi connectivity index (χ0n) is 13.6. The average molecular weight is 337 g/mol. The molecule has 2 fully saturated rings. The fraction of sp³-hybridized carbons (Fsp3) is 0.667. The Hall–Kier alpha value is -1.67. The van der Waals surface area contributed by atoms with Crippen LogP contribution in [0.1, 0.15) is 29.8 Å². The third-order valence-corrected chi connectivity index (χ3v) is 5.81. The summed E-state index contributed by atoms with van der Waals surface area (Å²) in [6, 6.07) is 0. The van der Waals surface area contributed by atoms with Crippen LogP contribution in [0, 0.1) is 0 Å². The van der Waals surface area contributed by atoms with Crippen LogP contribution in [0.2, 0.25) is 0 Å². The van der Waals surface area contributed by atoms with Gasteiger partial charge in [0.2, 0.25) is 5.91 Å². The van der Waals surface area contributed by atoms with E-state index < -0.39 is 0 Å². The first kappa shape index (κ1) is 16.2. The van der Waals surface area contributed by atoms with Crippen molar-refractivity contribution in [2.75, 3.05) is 45.6 Å². The number of carbonyl (C=O) groups is 2. The zero-order chi connectivity index (χ0) is 16.4. The van der Waals surface area contributed by atoms with Gasteiger partial charge in [0.15, 0.2) is 5.13 Å². The number of hydrogen-bond acceptors (Lipinski definition) is 6. The Labute approximate surface area is 140 Å². The smallest absolute Gasteiger partial charge is 0.273 e. The number of carbonyl (C=O) groups excluding carboxylic acids is 2. The van der Waals surface area contributed by atoms with E-state index in [-0.39, 0.29) is 17.4 Å². The van der Waals surface area contributed by atoms with Gasteiger partial charge in [-0.25, -0.2) is 4.98 Å². The van der Waals surface area contributed by atoms with Crippen molar-refractivity contribution in [2.45, 2.75) is 24.8 Å². The molecule has 1 aromatic rings. The minimum Gasteiger partial charge on any atom is -0.365 e. The first-order valence-corrected chi connectivity index (χ1v) is 8.82. The standard InChI is InChI=1S/C15H23N5O2S/c1-16-14-18-11(9-23-14)13(22)20-8-7-19(2)15(10-20)4-3-12(21)17-6-5-15/h9H,3-8,10H2,1-2H3,(H,16,18)(H,17,21)/t15-/m1/s1. The van der Waals surface area contributed by atoms with E-state index in [2.05, 4.69) is 27.6 Å². The van der Waals surface area contributed by atoms with E-state index in [0.717, 1.165) is 24.5 Å². The number of nitrogens with zero attached hydrogens (tertiary/aromatic N) is 3. The lowest BCUT2D eigenvalue weighted by atomic mass is 9.86. The molecule has 0 aromatic carbocycles. The zero-order valence-corrected chi connectivity index (χ0v) is 14.4. The summed E-state index contributed by atoms with van der Waals surface area (Å²) in [5.74, 6) is 0.0932. The number of thiazole rings is 1. The van der Waals surface area contributed by atoms with Crippen LogP contribution >= 0.6 is 11.3 Å². The van der Waals surface area contributed by atoms with Gasteiger partial charge in [0.05, 0.1) is 0 Å². The predicted octanol–water partition coefficient (Wildman–Crippen LogP) is 0.611. The Bertz CT molecular complexity index is 604. The van der Waals surface area contributed by atoms with E-state index in [9.17, 15) is 9.59 Å². The number of piperazine rings is 1. The summed E-state index contributed by atoms with van der Waals surface area (Å²) < 4.78 is 0. The molecule has 2 N–H and O–H groups in total. The minimum atomic E-state index is -0.116. The van der Waals surface area contributed by atoms with E-state index >= 15 is 0 Å². The van der Waals surface area contributed by atoms with Gasteiger partial charge in [0.25, 0.3) is 5.91 Å². The maximum absolute atomic E-state index is 12.8. The molecule has 8 heteroatoms. The number of hydrogen-bond donors (Lipinski definition) is 2. The number of rotatable bonds is 2. The van der Waals surface area contributed by atoms with Crippen LogP contribution < -0.4 is 10.6 Å². The summed E-state index contributed by atoms with van der Waals surface area (Å²) in [4.78, 5) is 32.9. The third kappa shape index (κ3) is 3.18. The summed E-state index contributed by atoms with van der Waals surface area (Å²) >= 11 is 1.44. The van der Waals surface area contributed by atoms with Gasteiger partial charge in [-0.15, -0.1) is 11.3 Å². The summed E-state index contributed by atoms with van der Waals surface area (Å²) in [7, 11) is 3.90. The van der Waals surface area contributed by atoms with Gasteiger partial charge in [-0.05, 0) is 19.9 Å². The highest BCUT2D eigenvalue weighted by molar-refractivity contribution is 7.13. The van der Waals surface area contributed by atoms with Gasteiger partial charge in [0.1, 0.15) is 5.69 Å². The highest BCUT2D eigenvalue weighted by Crippen LogP contribution is 2.31. The highest BCUT2D eigenvalue weighted by atomic mass is 32.1. The molecule has 2 aliphatic rings. The van der Waals surface area contributed by atoms with Crippen molar-refractivity contribution < 1.29 is 9.59 Å². The molecule has 1 aromatic heterocycles. The molecule has 0 aliphatic carbocycles. The summed E-state index contributed by atoms with van der Waals surface area (Å²) in [6.07, 6.45) is 2.18. The van der Waals surface area contributed by atoms with Gasteiger partial charge in [-0.1, -0.05) is 0 Å². The van der Waals surface area contributed by atoms with Crippen molar-refractivity contribution in [3.8, 4) is 0 Å². The fourth-order valence-corrected chi connectivity index (χ4v) is 4.06. The number of amides is 2. The van der Waals surface area contributed by atoms with E-state index in [1.807, 2.05) is 4.90 Å². The molecule has 0 radical (unpaired) electrons. The van der Waals surface area contributed by atoms with E-state index in [1.54, 1.807) is 12.4 Å². The quantitative estimate of drug-likeness (QED) is 0.827. The van der Waals surface area contributed by atoms with Gasteiger partial charge in [-0.3, -0.25) is 14.5 Å². The van der Waals surface area contributed by atoms with Gasteiger partial charge >= 0.3 is 0 Å². The van der Waals surface area contributed by atoms with E-state index in [1.165, 1.54) is 11.3 Å². The van der Waals surface area contributed by atoms with Crippen molar-refractivity contribution in [2.24, 2.45) is 0 Å². The maximum atomic E-state index is 12.8. The first-order valence-electron chi connectivity index (χ1n) is 7.94.